The zero-order chi connectivity index (χ0) is 22.3. The Morgan fingerprint density at radius 1 is 1.12 bits per heavy atom. The van der Waals surface area contributed by atoms with Crippen LogP contribution >= 0.6 is 23.1 Å². The summed E-state index contributed by atoms with van der Waals surface area (Å²) in [6, 6.07) is 16.3. The first-order valence-corrected chi connectivity index (χ1v) is 12.8. The first-order chi connectivity index (χ1) is 15.4. The molecule has 2 aromatic carbocycles. The summed E-state index contributed by atoms with van der Waals surface area (Å²) in [6.07, 6.45) is 0.253. The number of sulfonamides is 1. The summed E-state index contributed by atoms with van der Waals surface area (Å²) >= 11 is 2.65. The molecule has 3 aromatic heterocycles. The van der Waals surface area contributed by atoms with Gasteiger partial charge in [-0.2, -0.15) is 0 Å². The van der Waals surface area contributed by atoms with Crippen LogP contribution in [0.3, 0.4) is 0 Å². The van der Waals surface area contributed by atoms with Gasteiger partial charge in [0.1, 0.15) is 0 Å². The Morgan fingerprint density at radius 3 is 2.81 bits per heavy atom. The van der Waals surface area contributed by atoms with Crippen LogP contribution in [-0.2, 0) is 14.8 Å². The van der Waals surface area contributed by atoms with E-state index in [-0.39, 0.29) is 17.2 Å². The molecule has 3 N–H and O–H groups in total. The number of carbonyl (C=O) groups excluding carboxylic acids is 1. The van der Waals surface area contributed by atoms with E-state index in [1.54, 1.807) is 6.07 Å². The second-order valence-corrected chi connectivity index (χ2v) is 10.6. The van der Waals surface area contributed by atoms with Crippen molar-refractivity contribution < 1.29 is 13.2 Å². The van der Waals surface area contributed by atoms with Gasteiger partial charge in [-0.25, -0.2) is 18.5 Å². The molecule has 0 spiro atoms. The summed E-state index contributed by atoms with van der Waals surface area (Å²) in [6.45, 7) is 0. The van der Waals surface area contributed by atoms with E-state index in [9.17, 15) is 13.2 Å². The lowest BCUT2D eigenvalue weighted by molar-refractivity contribution is -0.115. The second kappa shape index (κ2) is 8.13. The third-order valence-corrected chi connectivity index (χ3v) is 7.52. The van der Waals surface area contributed by atoms with Crippen LogP contribution in [0, 0.1) is 0 Å². The maximum absolute atomic E-state index is 12.4. The number of anilines is 1. The van der Waals surface area contributed by atoms with Gasteiger partial charge in [0.05, 0.1) is 20.6 Å². The number of pyridine rings is 1. The third kappa shape index (κ3) is 4.05. The van der Waals surface area contributed by atoms with Crippen LogP contribution in [0.1, 0.15) is 6.42 Å². The highest BCUT2D eigenvalue weighted by molar-refractivity contribution is 7.99. The van der Waals surface area contributed by atoms with Crippen molar-refractivity contribution in [2.24, 2.45) is 5.14 Å². The van der Waals surface area contributed by atoms with Crippen LogP contribution in [0.15, 0.2) is 64.6 Å². The van der Waals surface area contributed by atoms with Gasteiger partial charge in [-0.15, -0.1) is 10.2 Å². The highest BCUT2D eigenvalue weighted by Gasteiger charge is 2.14. The quantitative estimate of drug-likeness (QED) is 0.354. The van der Waals surface area contributed by atoms with Gasteiger partial charge in [0.15, 0.2) is 15.9 Å². The van der Waals surface area contributed by atoms with E-state index in [0.29, 0.717) is 21.1 Å². The average molecular weight is 485 g/mol. The topological polar surface area (TPSA) is 132 Å². The Labute approximate surface area is 190 Å². The minimum Gasteiger partial charge on any atom is -0.302 e. The molecular weight excluding hydrogens is 468 g/mol. The van der Waals surface area contributed by atoms with Crippen molar-refractivity contribution in [2.75, 3.05) is 11.1 Å². The van der Waals surface area contributed by atoms with Crippen LogP contribution in [0.4, 0.5) is 5.13 Å². The molecule has 0 atom stereocenters. The predicted octanol–water partition coefficient (Wildman–Crippen LogP) is 3.26. The van der Waals surface area contributed by atoms with E-state index in [1.165, 1.54) is 35.2 Å². The molecule has 5 aromatic rings. The van der Waals surface area contributed by atoms with Crippen LogP contribution in [-0.4, -0.2) is 39.7 Å². The Hall–Kier alpha value is -3.06. The highest BCUT2D eigenvalue weighted by atomic mass is 32.2. The van der Waals surface area contributed by atoms with Gasteiger partial charge in [-0.3, -0.25) is 9.20 Å². The fourth-order valence-electron chi connectivity index (χ4n) is 3.26. The van der Waals surface area contributed by atoms with Crippen LogP contribution in [0.5, 0.6) is 0 Å². The molecule has 32 heavy (non-hydrogen) atoms. The van der Waals surface area contributed by atoms with Crippen molar-refractivity contribution in [3.63, 3.8) is 0 Å². The molecule has 0 aliphatic carbocycles. The number of primary sulfonamides is 1. The number of thiazole rings is 1. The lowest BCUT2D eigenvalue weighted by Gasteiger charge is -2.04. The monoisotopic (exact) mass is 484 g/mol. The summed E-state index contributed by atoms with van der Waals surface area (Å²) in [4.78, 5) is 16.7. The average Bonchev–Trinajstić information content (AvgIpc) is 3.36. The van der Waals surface area contributed by atoms with Crippen molar-refractivity contribution in [3.05, 3.63) is 54.6 Å². The lowest BCUT2D eigenvalue weighted by atomic mass is 10.2. The van der Waals surface area contributed by atoms with Crippen molar-refractivity contribution >= 4 is 70.9 Å². The standard InChI is InChI=1S/C20H16N6O3S3/c21-32(28,29)13-6-7-14-16(11-13)31-19(22-14)23-18(27)9-10-30-20-25-24-17-8-5-12-3-1-2-4-15(12)26(17)20/h1-8,11H,9-10H2,(H2,21,28,29)(H,22,23,27). The molecule has 5 rings (SSSR count). The number of hydrogen-bond acceptors (Lipinski definition) is 8. The normalized spacial score (nSPS) is 12.0. The molecule has 0 bridgehead atoms. The van der Waals surface area contributed by atoms with Crippen molar-refractivity contribution in [1.29, 1.82) is 0 Å². The molecule has 1 amide bonds. The molecule has 0 radical (unpaired) electrons. The Balaban J connectivity index is 1.26. The molecule has 9 nitrogen and oxygen atoms in total. The fourth-order valence-corrected chi connectivity index (χ4v) is 5.68. The van der Waals surface area contributed by atoms with Gasteiger partial charge in [0.2, 0.25) is 15.9 Å². The summed E-state index contributed by atoms with van der Waals surface area (Å²) in [5, 5.41) is 18.6. The molecular formula is C20H16N6O3S3. The Kier molecular flexibility index (Phi) is 5.29. The number of nitrogens with one attached hydrogen (secondary N) is 1. The number of rotatable bonds is 6. The number of fused-ring (bicyclic) bond motifs is 4. The maximum atomic E-state index is 12.4. The van der Waals surface area contributed by atoms with E-state index in [1.807, 2.05) is 40.8 Å². The molecule has 0 aliphatic heterocycles. The van der Waals surface area contributed by atoms with E-state index >= 15 is 0 Å². The zero-order valence-electron chi connectivity index (χ0n) is 16.4. The largest absolute Gasteiger partial charge is 0.302 e. The van der Waals surface area contributed by atoms with Crippen molar-refractivity contribution in [2.45, 2.75) is 16.5 Å². The maximum Gasteiger partial charge on any atom is 0.238 e. The third-order valence-electron chi connectivity index (χ3n) is 4.74. The van der Waals surface area contributed by atoms with Gasteiger partial charge < -0.3 is 5.32 Å². The molecule has 0 fully saturated rings. The first kappa shape index (κ1) is 20.8. The number of para-hydroxylation sites is 1. The number of nitrogens with zero attached hydrogens (tertiary/aromatic N) is 4. The molecule has 0 aliphatic rings. The SMILES string of the molecule is NS(=O)(=O)c1ccc2nc(NC(=O)CCSc3nnc4ccc5ccccc5n34)sc2c1. The van der Waals surface area contributed by atoms with Crippen LogP contribution in [0.2, 0.25) is 0 Å². The van der Waals surface area contributed by atoms with Gasteiger partial charge >= 0.3 is 0 Å². The van der Waals surface area contributed by atoms with Crippen LogP contribution < -0.4 is 10.5 Å². The number of nitrogens with two attached hydrogens (primary N) is 1. The van der Waals surface area contributed by atoms with E-state index in [0.717, 1.165) is 21.7 Å². The minimum atomic E-state index is -3.80. The van der Waals surface area contributed by atoms with Crippen molar-refractivity contribution in [3.8, 4) is 0 Å². The summed E-state index contributed by atoms with van der Waals surface area (Å²) in [7, 11) is -3.80. The minimum absolute atomic E-state index is 0.0102. The summed E-state index contributed by atoms with van der Waals surface area (Å²) in [5.74, 6) is 0.318. The number of thioether (sulfide) groups is 1. The number of amides is 1. The molecule has 162 valence electrons. The van der Waals surface area contributed by atoms with Gasteiger partial charge in [-0.05, 0) is 41.8 Å². The van der Waals surface area contributed by atoms with Crippen molar-refractivity contribution in [1.82, 2.24) is 19.6 Å². The molecule has 3 heterocycles. The van der Waals surface area contributed by atoms with Gasteiger partial charge in [0.25, 0.3) is 0 Å². The van der Waals surface area contributed by atoms with E-state index < -0.39 is 10.0 Å². The number of aromatic nitrogens is 4. The number of hydrogen-bond donors (Lipinski definition) is 2. The number of benzene rings is 2. The molecule has 12 heteroatoms. The number of carbonyl (C=O) groups is 1. The van der Waals surface area contributed by atoms with E-state index in [4.69, 9.17) is 5.14 Å². The molecule has 0 unspecified atom stereocenters. The Bertz CT molecular complexity index is 1590. The molecule has 0 saturated carbocycles. The van der Waals surface area contributed by atoms with Gasteiger partial charge in [-0.1, -0.05) is 41.3 Å². The summed E-state index contributed by atoms with van der Waals surface area (Å²) < 4.78 is 25.6. The van der Waals surface area contributed by atoms with E-state index in [2.05, 4.69) is 20.5 Å². The summed E-state index contributed by atoms with van der Waals surface area (Å²) in [5.41, 5.74) is 2.35. The fraction of sp³-hybridized carbons (Fsp3) is 0.100. The predicted molar refractivity (Wildman–Crippen MR) is 125 cm³/mol. The van der Waals surface area contributed by atoms with Gasteiger partial charge in [0, 0.05) is 12.2 Å². The highest BCUT2D eigenvalue weighted by Crippen LogP contribution is 2.28. The smallest absolute Gasteiger partial charge is 0.238 e. The molecule has 0 saturated heterocycles. The first-order valence-electron chi connectivity index (χ1n) is 9.47. The van der Waals surface area contributed by atoms with Crippen LogP contribution in [0.25, 0.3) is 26.8 Å². The second-order valence-electron chi connectivity index (χ2n) is 6.91. The lowest BCUT2D eigenvalue weighted by Crippen LogP contribution is -2.12. The Morgan fingerprint density at radius 2 is 1.97 bits per heavy atom. The zero-order valence-corrected chi connectivity index (χ0v) is 18.9.